The fraction of sp³-hybridized carbons (Fsp3) is 0.556. The fourth-order valence-electron chi connectivity index (χ4n) is 0.975. The molecule has 0 amide bonds. The molecule has 0 unspecified atom stereocenters. The Kier molecular flexibility index (Phi) is 3.64. The van der Waals surface area contributed by atoms with E-state index >= 15 is 0 Å². The molecule has 0 fully saturated rings. The maximum atomic E-state index is 9.07. The fourth-order valence-corrected chi connectivity index (χ4v) is 0.975. The molecule has 14 heavy (non-hydrogen) atoms. The summed E-state index contributed by atoms with van der Waals surface area (Å²) in [7, 11) is 1.52. The normalized spacial score (nSPS) is 12.3. The smallest absolute Gasteiger partial charge is 0.318 e. The van der Waals surface area contributed by atoms with E-state index in [2.05, 4.69) is 15.3 Å². The van der Waals surface area contributed by atoms with E-state index in [9.17, 15) is 0 Å². The van der Waals surface area contributed by atoms with E-state index in [1.54, 1.807) is 13.0 Å². The zero-order chi connectivity index (χ0) is 10.6. The molecule has 5 nitrogen and oxygen atoms in total. The lowest BCUT2D eigenvalue weighted by molar-refractivity contribution is 0.208. The van der Waals surface area contributed by atoms with Crippen molar-refractivity contribution in [2.75, 3.05) is 19.0 Å². The summed E-state index contributed by atoms with van der Waals surface area (Å²) in [5.74, 6) is 0.662. The molecule has 0 bridgehead atoms. The Morgan fingerprint density at radius 2 is 2.29 bits per heavy atom. The third-order valence-electron chi connectivity index (χ3n) is 1.59. The minimum Gasteiger partial charge on any atom is -0.467 e. The van der Waals surface area contributed by atoms with Crippen LogP contribution in [-0.4, -0.2) is 34.8 Å². The van der Waals surface area contributed by atoms with E-state index in [0.717, 1.165) is 5.69 Å². The summed E-state index contributed by atoms with van der Waals surface area (Å²) >= 11 is 0. The predicted octanol–water partition coefficient (Wildman–Crippen LogP) is 0.586. The van der Waals surface area contributed by atoms with Gasteiger partial charge in [-0.1, -0.05) is 0 Å². The molecule has 5 heteroatoms. The van der Waals surface area contributed by atoms with Crippen molar-refractivity contribution in [1.82, 2.24) is 9.97 Å². The standard InChI is InChI=1S/C9H15N3O2/c1-6-4-8(10-5-7(2)13)12-9(11-6)14-3/h4,7,13H,5H2,1-3H3,(H,10,11,12)/t7-/m1/s1. The molecule has 0 aromatic carbocycles. The number of rotatable bonds is 4. The second-order valence-corrected chi connectivity index (χ2v) is 3.11. The lowest BCUT2D eigenvalue weighted by atomic mass is 10.4. The maximum Gasteiger partial charge on any atom is 0.318 e. The Morgan fingerprint density at radius 3 is 2.86 bits per heavy atom. The van der Waals surface area contributed by atoms with Crippen molar-refractivity contribution in [2.24, 2.45) is 0 Å². The predicted molar refractivity (Wildman–Crippen MR) is 53.5 cm³/mol. The van der Waals surface area contributed by atoms with Gasteiger partial charge in [-0.2, -0.15) is 4.98 Å². The van der Waals surface area contributed by atoms with Crippen molar-refractivity contribution in [3.63, 3.8) is 0 Å². The molecule has 0 radical (unpaired) electrons. The summed E-state index contributed by atoms with van der Waals surface area (Å²) < 4.78 is 4.92. The number of nitrogens with zero attached hydrogens (tertiary/aromatic N) is 2. The highest BCUT2D eigenvalue weighted by molar-refractivity contribution is 5.36. The molecule has 0 aliphatic rings. The second-order valence-electron chi connectivity index (χ2n) is 3.11. The van der Waals surface area contributed by atoms with Crippen molar-refractivity contribution in [3.05, 3.63) is 11.8 Å². The number of aryl methyl sites for hydroxylation is 1. The van der Waals surface area contributed by atoms with Gasteiger partial charge in [0, 0.05) is 18.3 Å². The number of aliphatic hydroxyl groups excluding tert-OH is 1. The minimum absolute atomic E-state index is 0.332. The first-order chi connectivity index (χ1) is 6.61. The van der Waals surface area contributed by atoms with Gasteiger partial charge < -0.3 is 15.2 Å². The summed E-state index contributed by atoms with van der Waals surface area (Å²) in [5.41, 5.74) is 0.824. The van der Waals surface area contributed by atoms with E-state index in [1.165, 1.54) is 7.11 Å². The molecule has 1 aromatic rings. The topological polar surface area (TPSA) is 67.3 Å². The van der Waals surface area contributed by atoms with Gasteiger partial charge in [0.05, 0.1) is 13.2 Å². The molecule has 1 heterocycles. The van der Waals surface area contributed by atoms with E-state index in [4.69, 9.17) is 9.84 Å². The Morgan fingerprint density at radius 1 is 1.57 bits per heavy atom. The highest BCUT2D eigenvalue weighted by Crippen LogP contribution is 2.10. The Labute approximate surface area is 83.2 Å². The van der Waals surface area contributed by atoms with Crippen molar-refractivity contribution < 1.29 is 9.84 Å². The summed E-state index contributed by atoms with van der Waals surface area (Å²) in [6, 6.07) is 2.13. The van der Waals surface area contributed by atoms with E-state index in [-0.39, 0.29) is 0 Å². The van der Waals surface area contributed by atoms with Crippen molar-refractivity contribution >= 4 is 5.82 Å². The second kappa shape index (κ2) is 4.76. The summed E-state index contributed by atoms with van der Waals surface area (Å²) in [4.78, 5) is 8.11. The molecular weight excluding hydrogens is 182 g/mol. The van der Waals surface area contributed by atoms with Gasteiger partial charge in [0.15, 0.2) is 0 Å². The highest BCUT2D eigenvalue weighted by Gasteiger charge is 2.02. The van der Waals surface area contributed by atoms with Crippen LogP contribution in [0.2, 0.25) is 0 Å². The van der Waals surface area contributed by atoms with Gasteiger partial charge in [0.1, 0.15) is 5.82 Å². The van der Waals surface area contributed by atoms with Crippen LogP contribution in [0.1, 0.15) is 12.6 Å². The van der Waals surface area contributed by atoms with Crippen molar-refractivity contribution in [2.45, 2.75) is 20.0 Å². The van der Waals surface area contributed by atoms with Gasteiger partial charge in [-0.15, -0.1) is 0 Å². The summed E-state index contributed by atoms with van der Waals surface area (Å²) in [6.07, 6.45) is -0.406. The van der Waals surface area contributed by atoms with Gasteiger partial charge in [-0.25, -0.2) is 4.98 Å². The SMILES string of the molecule is COc1nc(C)cc(NC[C@@H](C)O)n1. The first-order valence-electron chi connectivity index (χ1n) is 4.43. The lowest BCUT2D eigenvalue weighted by Gasteiger charge is -2.08. The molecule has 0 saturated heterocycles. The number of aliphatic hydroxyl groups is 1. The third-order valence-corrected chi connectivity index (χ3v) is 1.59. The zero-order valence-electron chi connectivity index (χ0n) is 8.61. The van der Waals surface area contributed by atoms with Crippen molar-refractivity contribution in [3.8, 4) is 6.01 Å². The Balaban J connectivity index is 2.71. The van der Waals surface area contributed by atoms with Crippen molar-refractivity contribution in [1.29, 1.82) is 0 Å². The van der Waals surface area contributed by atoms with E-state index in [1.807, 2.05) is 6.92 Å². The average molecular weight is 197 g/mol. The molecule has 78 valence electrons. The Bertz CT molecular complexity index is 302. The highest BCUT2D eigenvalue weighted by atomic mass is 16.5. The number of hydrogen-bond donors (Lipinski definition) is 2. The molecule has 1 rings (SSSR count). The van der Waals surface area contributed by atoms with Gasteiger partial charge in [0.25, 0.3) is 0 Å². The average Bonchev–Trinajstić information content (AvgIpc) is 2.14. The molecule has 0 spiro atoms. The lowest BCUT2D eigenvalue weighted by Crippen LogP contribution is -2.16. The Hall–Kier alpha value is -1.36. The monoisotopic (exact) mass is 197 g/mol. The number of aromatic nitrogens is 2. The number of methoxy groups -OCH3 is 1. The van der Waals surface area contributed by atoms with Crippen LogP contribution in [0.15, 0.2) is 6.07 Å². The third kappa shape index (κ3) is 3.18. The molecule has 0 saturated carbocycles. The van der Waals surface area contributed by atoms with Gasteiger partial charge in [0.2, 0.25) is 0 Å². The molecule has 0 aliphatic carbocycles. The molecule has 0 aliphatic heterocycles. The first kappa shape index (κ1) is 10.7. The minimum atomic E-state index is -0.406. The summed E-state index contributed by atoms with van der Waals surface area (Å²) in [5, 5.41) is 12.1. The van der Waals surface area contributed by atoms with Crippen LogP contribution in [0.3, 0.4) is 0 Å². The zero-order valence-corrected chi connectivity index (χ0v) is 8.61. The molecular formula is C9H15N3O2. The summed E-state index contributed by atoms with van der Waals surface area (Å²) in [6.45, 7) is 4.02. The number of ether oxygens (including phenoxy) is 1. The largest absolute Gasteiger partial charge is 0.467 e. The van der Waals surface area contributed by atoms with Crippen LogP contribution >= 0.6 is 0 Å². The van der Waals surface area contributed by atoms with E-state index in [0.29, 0.717) is 18.4 Å². The molecule has 1 aromatic heterocycles. The quantitative estimate of drug-likeness (QED) is 0.739. The van der Waals surface area contributed by atoms with Gasteiger partial charge >= 0.3 is 6.01 Å². The van der Waals surface area contributed by atoms with Gasteiger partial charge in [-0.05, 0) is 13.8 Å². The number of nitrogens with one attached hydrogen (secondary N) is 1. The maximum absolute atomic E-state index is 9.07. The van der Waals surface area contributed by atoms with Crippen LogP contribution < -0.4 is 10.1 Å². The van der Waals surface area contributed by atoms with Crippen LogP contribution in [0.25, 0.3) is 0 Å². The van der Waals surface area contributed by atoms with E-state index < -0.39 is 6.10 Å². The number of anilines is 1. The number of hydrogen-bond acceptors (Lipinski definition) is 5. The van der Waals surface area contributed by atoms with Crippen LogP contribution in [0.5, 0.6) is 6.01 Å². The molecule has 2 N–H and O–H groups in total. The van der Waals surface area contributed by atoms with Crippen LogP contribution in [0.4, 0.5) is 5.82 Å². The van der Waals surface area contributed by atoms with Crippen LogP contribution in [0, 0.1) is 6.92 Å². The van der Waals surface area contributed by atoms with Gasteiger partial charge in [-0.3, -0.25) is 0 Å². The molecule has 1 atom stereocenters. The van der Waals surface area contributed by atoms with Crippen LogP contribution in [-0.2, 0) is 0 Å². The first-order valence-corrected chi connectivity index (χ1v) is 4.43.